The number of hydrogen-bond acceptors (Lipinski definition) is 3. The molecule has 2 atom stereocenters. The van der Waals surface area contributed by atoms with E-state index in [1.165, 1.54) is 4.90 Å². The number of benzene rings is 2. The van der Waals surface area contributed by atoms with Gasteiger partial charge in [-0.2, -0.15) is 0 Å². The van der Waals surface area contributed by atoms with Gasteiger partial charge in [-0.1, -0.05) is 60.7 Å². The van der Waals surface area contributed by atoms with Gasteiger partial charge in [-0.05, 0) is 11.1 Å². The monoisotopic (exact) mass is 284 g/mol. The van der Waals surface area contributed by atoms with Crippen molar-refractivity contribution in [1.29, 1.82) is 0 Å². The number of rotatable bonds is 5. The van der Waals surface area contributed by atoms with Gasteiger partial charge in [0.15, 0.2) is 0 Å². The summed E-state index contributed by atoms with van der Waals surface area (Å²) in [6, 6.07) is 18.3. The first kappa shape index (κ1) is 15.2. The van der Waals surface area contributed by atoms with Crippen LogP contribution in [-0.4, -0.2) is 29.5 Å². The van der Waals surface area contributed by atoms with Crippen LogP contribution in [0.5, 0.6) is 0 Å². The summed E-state index contributed by atoms with van der Waals surface area (Å²) >= 11 is 0. The number of aliphatic hydroxyl groups excluding tert-OH is 1. The van der Waals surface area contributed by atoms with Gasteiger partial charge in [0.1, 0.15) is 6.10 Å². The fourth-order valence-corrected chi connectivity index (χ4v) is 2.40. The van der Waals surface area contributed by atoms with Crippen molar-refractivity contribution in [3.05, 3.63) is 71.8 Å². The molecule has 3 N–H and O–H groups in total. The molecule has 110 valence electrons. The second-order valence-electron chi connectivity index (χ2n) is 4.92. The van der Waals surface area contributed by atoms with E-state index in [0.717, 1.165) is 11.1 Å². The lowest BCUT2D eigenvalue weighted by atomic mass is 9.94. The predicted molar refractivity (Wildman–Crippen MR) is 82.4 cm³/mol. The zero-order valence-electron chi connectivity index (χ0n) is 12.0. The normalized spacial score (nSPS) is 13.5. The molecular formula is C17H20N2O2. The minimum absolute atomic E-state index is 0.0820. The maximum absolute atomic E-state index is 12.0. The smallest absolute Gasteiger partial charge is 0.236 e. The number of aliphatic hydroxyl groups is 1. The first-order valence-corrected chi connectivity index (χ1v) is 6.89. The molecule has 1 amide bonds. The standard InChI is InChI=1S/C17H20N2O2/c1-19(15(20)12-18)16(13-8-4-2-5-9-13)17(21)14-10-6-3-7-11-14/h2-11,16-17,21H,12,18H2,1H3/t16-,17-/m0/s1. The quantitative estimate of drug-likeness (QED) is 0.881. The third-order valence-corrected chi connectivity index (χ3v) is 3.57. The summed E-state index contributed by atoms with van der Waals surface area (Å²) in [5.41, 5.74) is 7.09. The van der Waals surface area contributed by atoms with Crippen LogP contribution in [0.3, 0.4) is 0 Å². The Morgan fingerprint density at radius 1 is 1.05 bits per heavy atom. The van der Waals surface area contributed by atoms with Crippen molar-refractivity contribution in [1.82, 2.24) is 4.90 Å². The summed E-state index contributed by atoms with van der Waals surface area (Å²) in [5, 5.41) is 10.7. The molecule has 0 aliphatic rings. The number of carbonyl (C=O) groups excluding carboxylic acids is 1. The molecule has 0 heterocycles. The second kappa shape index (κ2) is 7.02. The van der Waals surface area contributed by atoms with Crippen molar-refractivity contribution in [3.63, 3.8) is 0 Å². The molecule has 4 heteroatoms. The zero-order chi connectivity index (χ0) is 15.2. The molecule has 2 aromatic carbocycles. The highest BCUT2D eigenvalue weighted by atomic mass is 16.3. The highest BCUT2D eigenvalue weighted by Crippen LogP contribution is 2.33. The molecule has 0 bridgehead atoms. The van der Waals surface area contributed by atoms with E-state index in [2.05, 4.69) is 0 Å². The molecule has 0 fully saturated rings. The van der Waals surface area contributed by atoms with Gasteiger partial charge in [-0.15, -0.1) is 0 Å². The van der Waals surface area contributed by atoms with Crippen molar-refractivity contribution < 1.29 is 9.90 Å². The molecule has 4 nitrogen and oxygen atoms in total. The molecule has 2 aromatic rings. The Balaban J connectivity index is 2.39. The molecule has 2 rings (SSSR count). The van der Waals surface area contributed by atoms with Crippen molar-refractivity contribution in [3.8, 4) is 0 Å². The van der Waals surface area contributed by atoms with E-state index >= 15 is 0 Å². The van der Waals surface area contributed by atoms with Crippen LogP contribution >= 0.6 is 0 Å². The minimum Gasteiger partial charge on any atom is -0.386 e. The SMILES string of the molecule is CN(C(=O)CN)[C@@H](c1ccccc1)[C@@H](O)c1ccccc1. The van der Waals surface area contributed by atoms with Gasteiger partial charge < -0.3 is 15.7 Å². The molecule has 0 unspecified atom stereocenters. The number of likely N-dealkylation sites (N-methyl/N-ethyl adjacent to an activating group) is 1. The van der Waals surface area contributed by atoms with Gasteiger partial charge in [0.05, 0.1) is 12.6 Å². The fourth-order valence-electron chi connectivity index (χ4n) is 2.40. The average molecular weight is 284 g/mol. The van der Waals surface area contributed by atoms with Crippen molar-refractivity contribution in [2.24, 2.45) is 5.73 Å². The van der Waals surface area contributed by atoms with Gasteiger partial charge in [0.2, 0.25) is 5.91 Å². The van der Waals surface area contributed by atoms with E-state index in [1.54, 1.807) is 7.05 Å². The Hall–Kier alpha value is -2.17. The fraction of sp³-hybridized carbons (Fsp3) is 0.235. The number of carbonyl (C=O) groups is 1. The molecule has 0 aliphatic carbocycles. The largest absolute Gasteiger partial charge is 0.386 e. The Bertz CT molecular complexity index is 572. The van der Waals surface area contributed by atoms with Crippen LogP contribution in [-0.2, 0) is 4.79 Å². The van der Waals surface area contributed by atoms with E-state index in [-0.39, 0.29) is 12.5 Å². The lowest BCUT2D eigenvalue weighted by molar-refractivity contribution is -0.133. The van der Waals surface area contributed by atoms with Crippen LogP contribution in [0.15, 0.2) is 60.7 Å². The van der Waals surface area contributed by atoms with Crippen LogP contribution in [0, 0.1) is 0 Å². The highest BCUT2D eigenvalue weighted by molar-refractivity contribution is 5.78. The third kappa shape index (κ3) is 3.48. The molecular weight excluding hydrogens is 264 g/mol. The van der Waals surface area contributed by atoms with Crippen LogP contribution in [0.4, 0.5) is 0 Å². The zero-order valence-corrected chi connectivity index (χ0v) is 12.0. The summed E-state index contributed by atoms with van der Waals surface area (Å²) in [5.74, 6) is -0.209. The Kier molecular flexibility index (Phi) is 5.09. The lowest BCUT2D eigenvalue weighted by Crippen LogP contribution is -2.38. The lowest BCUT2D eigenvalue weighted by Gasteiger charge is -2.32. The first-order chi connectivity index (χ1) is 10.1. The number of hydrogen-bond donors (Lipinski definition) is 2. The van der Waals surface area contributed by atoms with Crippen molar-refractivity contribution >= 4 is 5.91 Å². The Labute approximate surface area is 124 Å². The van der Waals surface area contributed by atoms with E-state index < -0.39 is 12.1 Å². The minimum atomic E-state index is -0.811. The summed E-state index contributed by atoms with van der Waals surface area (Å²) in [6.07, 6.45) is -0.811. The molecule has 0 radical (unpaired) electrons. The van der Waals surface area contributed by atoms with E-state index in [1.807, 2.05) is 60.7 Å². The van der Waals surface area contributed by atoms with Crippen LogP contribution in [0.2, 0.25) is 0 Å². The van der Waals surface area contributed by atoms with Gasteiger partial charge >= 0.3 is 0 Å². The summed E-state index contributed by atoms with van der Waals surface area (Å²) < 4.78 is 0. The van der Waals surface area contributed by atoms with Crippen LogP contribution in [0.25, 0.3) is 0 Å². The molecule has 0 saturated carbocycles. The van der Waals surface area contributed by atoms with Gasteiger partial charge in [-0.25, -0.2) is 0 Å². The maximum Gasteiger partial charge on any atom is 0.236 e. The third-order valence-electron chi connectivity index (χ3n) is 3.57. The first-order valence-electron chi connectivity index (χ1n) is 6.89. The van der Waals surface area contributed by atoms with Gasteiger partial charge in [0, 0.05) is 7.05 Å². The van der Waals surface area contributed by atoms with E-state index in [0.29, 0.717) is 0 Å². The number of amides is 1. The Morgan fingerprint density at radius 3 is 2.00 bits per heavy atom. The van der Waals surface area contributed by atoms with Crippen LogP contribution in [0.1, 0.15) is 23.3 Å². The predicted octanol–water partition coefficient (Wildman–Crippen LogP) is 1.88. The maximum atomic E-state index is 12.0. The van der Waals surface area contributed by atoms with Crippen molar-refractivity contribution in [2.75, 3.05) is 13.6 Å². The number of nitrogens with zero attached hydrogens (tertiary/aromatic N) is 1. The number of nitrogens with two attached hydrogens (primary N) is 1. The van der Waals surface area contributed by atoms with Crippen LogP contribution < -0.4 is 5.73 Å². The molecule has 0 aromatic heterocycles. The highest BCUT2D eigenvalue weighted by Gasteiger charge is 2.28. The van der Waals surface area contributed by atoms with Gasteiger partial charge in [0.25, 0.3) is 0 Å². The second-order valence-corrected chi connectivity index (χ2v) is 4.92. The molecule has 21 heavy (non-hydrogen) atoms. The van der Waals surface area contributed by atoms with Gasteiger partial charge in [-0.3, -0.25) is 4.79 Å². The summed E-state index contributed by atoms with van der Waals surface area (Å²) in [4.78, 5) is 13.5. The topological polar surface area (TPSA) is 66.6 Å². The summed E-state index contributed by atoms with van der Waals surface area (Å²) in [7, 11) is 1.67. The molecule has 0 saturated heterocycles. The molecule has 0 spiro atoms. The van der Waals surface area contributed by atoms with E-state index in [9.17, 15) is 9.90 Å². The summed E-state index contributed by atoms with van der Waals surface area (Å²) in [6.45, 7) is -0.0820. The average Bonchev–Trinajstić information content (AvgIpc) is 2.56. The van der Waals surface area contributed by atoms with Crippen molar-refractivity contribution in [2.45, 2.75) is 12.1 Å². The van der Waals surface area contributed by atoms with E-state index in [4.69, 9.17) is 5.73 Å². The Morgan fingerprint density at radius 2 is 1.52 bits per heavy atom. The molecule has 0 aliphatic heterocycles.